The molecule has 0 saturated carbocycles. The molecule has 2 N–H and O–H groups in total. The molecule has 0 radical (unpaired) electrons. The lowest BCUT2D eigenvalue weighted by Crippen LogP contribution is -2.37. The maximum atomic E-state index is 11.1. The molecule has 0 spiro atoms. The van der Waals surface area contributed by atoms with Gasteiger partial charge in [-0.1, -0.05) is 13.8 Å². The Labute approximate surface area is 79.0 Å². The van der Waals surface area contributed by atoms with E-state index in [1.54, 1.807) is 0 Å². The molecule has 1 heterocycles. The Balaban J connectivity index is 2.09. The van der Waals surface area contributed by atoms with Gasteiger partial charge in [0.25, 0.3) is 0 Å². The zero-order valence-corrected chi connectivity index (χ0v) is 8.30. The van der Waals surface area contributed by atoms with E-state index in [0.29, 0.717) is 12.5 Å². The lowest BCUT2D eigenvalue weighted by atomic mass is 10.2. The second-order valence-electron chi connectivity index (χ2n) is 3.83. The molecule has 1 rings (SSSR count). The molecule has 0 unspecified atom stereocenters. The van der Waals surface area contributed by atoms with Gasteiger partial charge < -0.3 is 15.4 Å². The molecule has 0 bridgehead atoms. The normalized spacial score (nSPS) is 21.9. The molecule has 1 aliphatic rings. The monoisotopic (exact) mass is 186 g/mol. The molecule has 1 aliphatic heterocycles. The number of hydrogen-bond donors (Lipinski definition) is 2. The summed E-state index contributed by atoms with van der Waals surface area (Å²) in [6.07, 6.45) is 0.707. The van der Waals surface area contributed by atoms with Crippen molar-refractivity contribution in [2.45, 2.75) is 26.3 Å². The van der Waals surface area contributed by atoms with Crippen molar-refractivity contribution in [2.24, 2.45) is 5.92 Å². The number of rotatable bonds is 3. The van der Waals surface area contributed by atoms with Crippen LogP contribution >= 0.6 is 0 Å². The van der Waals surface area contributed by atoms with Crippen LogP contribution in [0.1, 0.15) is 20.3 Å². The summed E-state index contributed by atoms with van der Waals surface area (Å²) in [6.45, 7) is 6.37. The smallest absolute Gasteiger partial charge is 0.407 e. The van der Waals surface area contributed by atoms with Crippen molar-refractivity contribution in [3.05, 3.63) is 0 Å². The molecule has 1 saturated heterocycles. The molecule has 13 heavy (non-hydrogen) atoms. The Kier molecular flexibility index (Phi) is 4.02. The Morgan fingerprint density at radius 1 is 1.69 bits per heavy atom. The number of nitrogens with one attached hydrogen (secondary N) is 2. The predicted octanol–water partition coefficient (Wildman–Crippen LogP) is 0.730. The quantitative estimate of drug-likeness (QED) is 0.683. The summed E-state index contributed by atoms with van der Waals surface area (Å²) >= 11 is 0. The molecule has 0 aromatic rings. The van der Waals surface area contributed by atoms with Crippen molar-refractivity contribution in [2.75, 3.05) is 19.7 Å². The van der Waals surface area contributed by atoms with Gasteiger partial charge in [0.2, 0.25) is 0 Å². The number of ether oxygens (including phenoxy) is 1. The van der Waals surface area contributed by atoms with Crippen molar-refractivity contribution < 1.29 is 9.53 Å². The van der Waals surface area contributed by atoms with Crippen LogP contribution in [0.4, 0.5) is 4.79 Å². The van der Waals surface area contributed by atoms with Crippen molar-refractivity contribution in [3.8, 4) is 0 Å². The van der Waals surface area contributed by atoms with Gasteiger partial charge in [0.1, 0.15) is 0 Å². The zero-order chi connectivity index (χ0) is 9.68. The van der Waals surface area contributed by atoms with Crippen LogP contribution in [0.5, 0.6) is 0 Å². The second kappa shape index (κ2) is 5.07. The van der Waals surface area contributed by atoms with Gasteiger partial charge in [-0.3, -0.25) is 0 Å². The van der Waals surface area contributed by atoms with Gasteiger partial charge in [0.05, 0.1) is 6.61 Å². The number of carbonyl (C=O) groups excluding carboxylic acids is 1. The van der Waals surface area contributed by atoms with Crippen LogP contribution in [0.2, 0.25) is 0 Å². The molecule has 1 amide bonds. The van der Waals surface area contributed by atoms with Crippen LogP contribution < -0.4 is 10.6 Å². The molecule has 1 fully saturated rings. The third kappa shape index (κ3) is 4.12. The van der Waals surface area contributed by atoms with Crippen LogP contribution in [-0.2, 0) is 4.74 Å². The largest absolute Gasteiger partial charge is 0.449 e. The summed E-state index contributed by atoms with van der Waals surface area (Å²) in [5, 5.41) is 5.98. The average molecular weight is 186 g/mol. The number of carbonyl (C=O) groups is 1. The van der Waals surface area contributed by atoms with Crippen molar-refractivity contribution in [1.82, 2.24) is 10.6 Å². The fourth-order valence-electron chi connectivity index (χ4n) is 1.23. The van der Waals surface area contributed by atoms with Gasteiger partial charge in [-0.25, -0.2) is 4.79 Å². The van der Waals surface area contributed by atoms with E-state index in [9.17, 15) is 4.79 Å². The fourth-order valence-corrected chi connectivity index (χ4v) is 1.23. The Hall–Kier alpha value is -0.770. The molecule has 0 aromatic carbocycles. The molecule has 4 nitrogen and oxygen atoms in total. The summed E-state index contributed by atoms with van der Waals surface area (Å²) < 4.78 is 4.99. The van der Waals surface area contributed by atoms with E-state index in [2.05, 4.69) is 10.6 Å². The Morgan fingerprint density at radius 3 is 3.00 bits per heavy atom. The maximum Gasteiger partial charge on any atom is 0.407 e. The van der Waals surface area contributed by atoms with E-state index in [0.717, 1.165) is 19.5 Å². The van der Waals surface area contributed by atoms with Gasteiger partial charge in [-0.15, -0.1) is 0 Å². The summed E-state index contributed by atoms with van der Waals surface area (Å²) in [7, 11) is 0. The minimum atomic E-state index is -0.289. The predicted molar refractivity (Wildman–Crippen MR) is 50.6 cm³/mol. The number of alkyl carbamates (subject to hydrolysis) is 1. The lowest BCUT2D eigenvalue weighted by Gasteiger charge is -2.12. The summed E-state index contributed by atoms with van der Waals surface area (Å²) in [5.41, 5.74) is 0. The topological polar surface area (TPSA) is 50.4 Å². The molecular weight excluding hydrogens is 168 g/mol. The van der Waals surface area contributed by atoms with Gasteiger partial charge in [-0.2, -0.15) is 0 Å². The van der Waals surface area contributed by atoms with Gasteiger partial charge in [0.15, 0.2) is 0 Å². The number of amides is 1. The second-order valence-corrected chi connectivity index (χ2v) is 3.83. The highest BCUT2D eigenvalue weighted by Gasteiger charge is 2.17. The van der Waals surface area contributed by atoms with Crippen LogP contribution in [0.15, 0.2) is 0 Å². The molecular formula is C9H18N2O2. The van der Waals surface area contributed by atoms with E-state index in [4.69, 9.17) is 4.74 Å². The molecule has 0 aliphatic carbocycles. The third-order valence-corrected chi connectivity index (χ3v) is 1.93. The average Bonchev–Trinajstić information content (AvgIpc) is 2.53. The minimum absolute atomic E-state index is 0.250. The zero-order valence-electron chi connectivity index (χ0n) is 8.30. The van der Waals surface area contributed by atoms with Crippen molar-refractivity contribution in [1.29, 1.82) is 0 Å². The van der Waals surface area contributed by atoms with Crippen molar-refractivity contribution in [3.63, 3.8) is 0 Å². The maximum absolute atomic E-state index is 11.1. The highest BCUT2D eigenvalue weighted by Crippen LogP contribution is 1.98. The van der Waals surface area contributed by atoms with E-state index in [-0.39, 0.29) is 12.1 Å². The van der Waals surface area contributed by atoms with E-state index in [1.165, 1.54) is 0 Å². The van der Waals surface area contributed by atoms with Gasteiger partial charge >= 0.3 is 6.09 Å². The standard InChI is InChI=1S/C9H18N2O2/c1-7(2)6-13-9(12)11-8-3-4-10-5-8/h7-8,10H,3-6H2,1-2H3,(H,11,12)/t8-/m0/s1. The molecule has 76 valence electrons. The highest BCUT2D eigenvalue weighted by molar-refractivity contribution is 5.67. The van der Waals surface area contributed by atoms with Crippen LogP contribution in [0, 0.1) is 5.92 Å². The summed E-state index contributed by atoms with van der Waals surface area (Å²) in [4.78, 5) is 11.1. The van der Waals surface area contributed by atoms with Crippen molar-refractivity contribution >= 4 is 6.09 Å². The van der Waals surface area contributed by atoms with Crippen LogP contribution in [0.3, 0.4) is 0 Å². The SMILES string of the molecule is CC(C)COC(=O)N[C@H]1CCNC1. The molecule has 4 heteroatoms. The van der Waals surface area contributed by atoms with E-state index >= 15 is 0 Å². The lowest BCUT2D eigenvalue weighted by molar-refractivity contribution is 0.130. The van der Waals surface area contributed by atoms with Gasteiger partial charge in [0, 0.05) is 12.6 Å². The third-order valence-electron chi connectivity index (χ3n) is 1.93. The Morgan fingerprint density at radius 2 is 2.46 bits per heavy atom. The molecule has 1 atom stereocenters. The first-order valence-electron chi connectivity index (χ1n) is 4.82. The highest BCUT2D eigenvalue weighted by atomic mass is 16.5. The van der Waals surface area contributed by atoms with Crippen LogP contribution in [0.25, 0.3) is 0 Å². The molecule has 0 aromatic heterocycles. The first kappa shape index (κ1) is 10.3. The van der Waals surface area contributed by atoms with E-state index < -0.39 is 0 Å². The minimum Gasteiger partial charge on any atom is -0.449 e. The summed E-state index contributed by atoms with van der Waals surface area (Å²) in [5.74, 6) is 0.396. The van der Waals surface area contributed by atoms with Gasteiger partial charge in [-0.05, 0) is 18.9 Å². The summed E-state index contributed by atoms with van der Waals surface area (Å²) in [6, 6.07) is 0.250. The fraction of sp³-hybridized carbons (Fsp3) is 0.889. The first-order valence-corrected chi connectivity index (χ1v) is 4.82. The first-order chi connectivity index (χ1) is 6.18. The number of hydrogen-bond acceptors (Lipinski definition) is 3. The van der Waals surface area contributed by atoms with E-state index in [1.807, 2.05) is 13.8 Å². The van der Waals surface area contributed by atoms with Crippen LogP contribution in [-0.4, -0.2) is 31.8 Å². The Bertz CT molecular complexity index is 165.